The summed E-state index contributed by atoms with van der Waals surface area (Å²) in [5.74, 6) is 1.48. The van der Waals surface area contributed by atoms with E-state index in [4.69, 9.17) is 18.9 Å². The van der Waals surface area contributed by atoms with E-state index in [0.717, 1.165) is 5.56 Å². The number of rotatable bonds is 7. The monoisotopic (exact) mass is 386 g/mol. The molecule has 2 N–H and O–H groups in total. The molecule has 3 rings (SSSR count). The number of fused-ring (bicyclic) bond motifs is 1. The lowest BCUT2D eigenvalue weighted by Gasteiger charge is -2.12. The van der Waals surface area contributed by atoms with Gasteiger partial charge in [-0.25, -0.2) is 14.8 Å². The third kappa shape index (κ3) is 4.15. The summed E-state index contributed by atoms with van der Waals surface area (Å²) < 4.78 is 21.0. The molecule has 0 fully saturated rings. The Morgan fingerprint density at radius 3 is 2.68 bits per heavy atom. The molecule has 0 bridgehead atoms. The van der Waals surface area contributed by atoms with Crippen LogP contribution in [0.15, 0.2) is 30.6 Å². The second-order valence-electron chi connectivity index (χ2n) is 6.07. The number of amides is 1. The Hall–Kier alpha value is -3.33. The zero-order valence-corrected chi connectivity index (χ0v) is 16.1. The molecule has 3 aromatic rings. The number of aromatic amines is 1. The maximum absolute atomic E-state index is 12.1. The van der Waals surface area contributed by atoms with E-state index in [9.17, 15) is 4.79 Å². The van der Waals surface area contributed by atoms with Crippen molar-refractivity contribution < 1.29 is 23.7 Å². The van der Waals surface area contributed by atoms with Crippen LogP contribution in [0.4, 0.5) is 4.79 Å². The normalized spacial score (nSPS) is 11.9. The summed E-state index contributed by atoms with van der Waals surface area (Å²) in [6.07, 6.45) is 2.58. The van der Waals surface area contributed by atoms with Crippen molar-refractivity contribution in [1.82, 2.24) is 20.3 Å². The number of aromatic nitrogens is 3. The van der Waals surface area contributed by atoms with Crippen molar-refractivity contribution in [3.63, 3.8) is 0 Å². The van der Waals surface area contributed by atoms with Crippen molar-refractivity contribution in [3.05, 3.63) is 30.6 Å². The highest BCUT2D eigenvalue weighted by Gasteiger charge is 2.16. The molecule has 0 radical (unpaired) electrons. The van der Waals surface area contributed by atoms with E-state index < -0.39 is 6.09 Å². The van der Waals surface area contributed by atoms with Crippen LogP contribution >= 0.6 is 0 Å². The van der Waals surface area contributed by atoms with E-state index in [2.05, 4.69) is 20.3 Å². The number of carbonyl (C=O) groups excluding carboxylic acids is 1. The summed E-state index contributed by atoms with van der Waals surface area (Å²) in [7, 11) is 4.71. The SMILES string of the molecule is COCC(C)NC(=O)Oc1c[nH]c2ncc(-c3ccc(OC)c(OC)c3)nc12. The second kappa shape index (κ2) is 8.57. The van der Waals surface area contributed by atoms with Gasteiger partial charge in [-0.1, -0.05) is 0 Å². The van der Waals surface area contributed by atoms with E-state index in [1.807, 2.05) is 13.0 Å². The van der Waals surface area contributed by atoms with Crippen molar-refractivity contribution in [1.29, 1.82) is 0 Å². The molecule has 2 aromatic heterocycles. The predicted molar refractivity (Wildman–Crippen MR) is 103 cm³/mol. The quantitative estimate of drug-likeness (QED) is 0.643. The summed E-state index contributed by atoms with van der Waals surface area (Å²) in [5, 5.41) is 2.68. The zero-order valence-electron chi connectivity index (χ0n) is 16.1. The van der Waals surface area contributed by atoms with Gasteiger partial charge in [-0.15, -0.1) is 0 Å². The van der Waals surface area contributed by atoms with E-state index in [0.29, 0.717) is 35.0 Å². The first-order valence-electron chi connectivity index (χ1n) is 8.59. The fraction of sp³-hybridized carbons (Fsp3) is 0.316. The molecule has 9 heteroatoms. The van der Waals surface area contributed by atoms with Crippen LogP contribution in [-0.4, -0.2) is 55.0 Å². The van der Waals surface area contributed by atoms with E-state index >= 15 is 0 Å². The lowest BCUT2D eigenvalue weighted by molar-refractivity contribution is 0.159. The lowest BCUT2D eigenvalue weighted by atomic mass is 10.1. The lowest BCUT2D eigenvalue weighted by Crippen LogP contribution is -2.37. The van der Waals surface area contributed by atoms with Gasteiger partial charge in [0.1, 0.15) is 0 Å². The Kier molecular flexibility index (Phi) is 5.95. The molecule has 1 unspecified atom stereocenters. The highest BCUT2D eigenvalue weighted by atomic mass is 16.6. The van der Waals surface area contributed by atoms with Gasteiger partial charge in [-0.05, 0) is 25.1 Å². The molecule has 9 nitrogen and oxygen atoms in total. The second-order valence-corrected chi connectivity index (χ2v) is 6.07. The highest BCUT2D eigenvalue weighted by Crippen LogP contribution is 2.32. The number of carbonyl (C=O) groups is 1. The molecule has 0 saturated carbocycles. The standard InChI is InChI=1S/C19H22N4O5/c1-11(10-25-2)22-19(24)28-16-9-21-18-17(16)23-13(8-20-18)12-5-6-14(26-3)15(7-12)27-4/h5-9,11H,10H2,1-4H3,(H,20,21)(H,22,24). The Labute approximate surface area is 162 Å². The molecule has 28 heavy (non-hydrogen) atoms. The van der Waals surface area contributed by atoms with Crippen molar-refractivity contribution in [3.8, 4) is 28.5 Å². The molecule has 0 aliphatic heterocycles. The van der Waals surface area contributed by atoms with Crippen LogP contribution in [0.5, 0.6) is 17.2 Å². The van der Waals surface area contributed by atoms with Crippen LogP contribution in [0.3, 0.4) is 0 Å². The van der Waals surface area contributed by atoms with Crippen molar-refractivity contribution in [2.75, 3.05) is 27.9 Å². The average Bonchev–Trinajstić information content (AvgIpc) is 3.09. The third-order valence-electron chi connectivity index (χ3n) is 4.01. The van der Waals surface area contributed by atoms with Crippen LogP contribution in [0, 0.1) is 0 Å². The summed E-state index contributed by atoms with van der Waals surface area (Å²) in [5.41, 5.74) is 2.35. The Morgan fingerprint density at radius 2 is 1.96 bits per heavy atom. The van der Waals surface area contributed by atoms with Crippen LogP contribution in [-0.2, 0) is 4.74 Å². The summed E-state index contributed by atoms with van der Waals surface area (Å²) >= 11 is 0. The molecule has 2 heterocycles. The largest absolute Gasteiger partial charge is 0.493 e. The van der Waals surface area contributed by atoms with Crippen molar-refractivity contribution in [2.45, 2.75) is 13.0 Å². The molecule has 0 spiro atoms. The number of methoxy groups -OCH3 is 3. The van der Waals surface area contributed by atoms with Crippen molar-refractivity contribution in [2.24, 2.45) is 0 Å². The molecule has 0 aliphatic carbocycles. The molecular weight excluding hydrogens is 364 g/mol. The highest BCUT2D eigenvalue weighted by molar-refractivity contribution is 5.84. The van der Waals surface area contributed by atoms with Crippen molar-refractivity contribution >= 4 is 17.3 Å². The summed E-state index contributed by atoms with van der Waals surface area (Å²) in [6, 6.07) is 5.26. The molecule has 0 aliphatic rings. The first-order chi connectivity index (χ1) is 13.5. The van der Waals surface area contributed by atoms with Crippen LogP contribution in [0.25, 0.3) is 22.4 Å². The molecule has 1 atom stereocenters. The van der Waals surface area contributed by atoms with Gasteiger partial charge in [0.2, 0.25) is 0 Å². The minimum Gasteiger partial charge on any atom is -0.493 e. The molecular formula is C19H22N4O5. The van der Waals surface area contributed by atoms with Crippen LogP contribution < -0.4 is 19.5 Å². The maximum Gasteiger partial charge on any atom is 0.413 e. The number of benzene rings is 1. The molecule has 1 aromatic carbocycles. The fourth-order valence-corrected chi connectivity index (χ4v) is 2.70. The summed E-state index contributed by atoms with van der Waals surface area (Å²) in [4.78, 5) is 23.9. The van der Waals surface area contributed by atoms with E-state index in [1.54, 1.807) is 45.9 Å². The predicted octanol–water partition coefficient (Wildman–Crippen LogP) is 2.77. The van der Waals surface area contributed by atoms with Gasteiger partial charge in [0, 0.05) is 18.9 Å². The Balaban J connectivity index is 1.87. The molecule has 148 valence electrons. The molecule has 1 amide bonds. The first kappa shape index (κ1) is 19.4. The number of ether oxygens (including phenoxy) is 4. The number of hydrogen-bond donors (Lipinski definition) is 2. The van der Waals surface area contributed by atoms with Gasteiger partial charge in [-0.3, -0.25) is 0 Å². The van der Waals surface area contributed by atoms with Gasteiger partial charge >= 0.3 is 6.09 Å². The fourth-order valence-electron chi connectivity index (χ4n) is 2.70. The van der Waals surface area contributed by atoms with Crippen LogP contribution in [0.2, 0.25) is 0 Å². The summed E-state index contributed by atoms with van der Waals surface area (Å²) in [6.45, 7) is 2.20. The zero-order chi connectivity index (χ0) is 20.1. The smallest absolute Gasteiger partial charge is 0.413 e. The van der Waals surface area contributed by atoms with Gasteiger partial charge in [0.25, 0.3) is 0 Å². The van der Waals surface area contributed by atoms with Gasteiger partial charge in [-0.2, -0.15) is 0 Å². The topological polar surface area (TPSA) is 108 Å². The Morgan fingerprint density at radius 1 is 1.18 bits per heavy atom. The van der Waals surface area contributed by atoms with E-state index in [-0.39, 0.29) is 11.8 Å². The Bertz CT molecular complexity index is 972. The average molecular weight is 386 g/mol. The van der Waals surface area contributed by atoms with Gasteiger partial charge in [0.15, 0.2) is 28.4 Å². The van der Waals surface area contributed by atoms with Gasteiger partial charge < -0.3 is 29.2 Å². The number of H-pyrrole nitrogens is 1. The van der Waals surface area contributed by atoms with Crippen LogP contribution in [0.1, 0.15) is 6.92 Å². The van der Waals surface area contributed by atoms with E-state index in [1.165, 1.54) is 0 Å². The first-order valence-corrected chi connectivity index (χ1v) is 8.59. The molecule has 0 saturated heterocycles. The van der Waals surface area contributed by atoms with Gasteiger partial charge in [0.05, 0.1) is 38.8 Å². The minimum atomic E-state index is -0.594. The number of nitrogens with zero attached hydrogens (tertiary/aromatic N) is 2. The maximum atomic E-state index is 12.1. The number of nitrogens with one attached hydrogen (secondary N) is 2. The minimum absolute atomic E-state index is 0.184. The number of hydrogen-bond acceptors (Lipinski definition) is 7. The third-order valence-corrected chi connectivity index (χ3v) is 4.01.